The van der Waals surface area contributed by atoms with Crippen molar-refractivity contribution < 1.29 is 0 Å². The van der Waals surface area contributed by atoms with Crippen LogP contribution in [-0.4, -0.2) is 47.6 Å². The maximum atomic E-state index is 4.70. The van der Waals surface area contributed by atoms with Crippen molar-refractivity contribution in [2.75, 3.05) is 37.6 Å². The molecule has 0 amide bonds. The van der Waals surface area contributed by atoms with Crippen molar-refractivity contribution >= 4 is 21.7 Å². The summed E-state index contributed by atoms with van der Waals surface area (Å²) in [6, 6.07) is 2.03. The molecule has 21 heavy (non-hydrogen) atoms. The summed E-state index contributed by atoms with van der Waals surface area (Å²) in [5.74, 6) is 1.98. The van der Waals surface area contributed by atoms with Crippen molar-refractivity contribution in [1.82, 2.24) is 14.9 Å². The van der Waals surface area contributed by atoms with Crippen LogP contribution in [0.2, 0.25) is 0 Å². The molecule has 1 aromatic heterocycles. The zero-order valence-corrected chi connectivity index (χ0v) is 15.5. The van der Waals surface area contributed by atoms with Crippen LogP contribution in [0, 0.1) is 0 Å². The lowest BCUT2D eigenvalue weighted by Gasteiger charge is -2.24. The SMILES string of the molecule is CCCc1nc(Br)cc(N(CC)CCCN(CC)CC)n1. The summed E-state index contributed by atoms with van der Waals surface area (Å²) < 4.78 is 0.887. The Labute approximate surface area is 138 Å². The molecule has 0 saturated heterocycles. The lowest BCUT2D eigenvalue weighted by molar-refractivity contribution is 0.300. The molecule has 0 aliphatic carbocycles. The lowest BCUT2D eigenvalue weighted by Crippen LogP contribution is -2.30. The van der Waals surface area contributed by atoms with Gasteiger partial charge in [0.25, 0.3) is 0 Å². The molecule has 120 valence electrons. The fourth-order valence-electron chi connectivity index (χ4n) is 2.41. The Kier molecular flexibility index (Phi) is 8.85. The van der Waals surface area contributed by atoms with E-state index in [1.165, 1.54) is 6.42 Å². The molecule has 0 spiro atoms. The molecule has 4 nitrogen and oxygen atoms in total. The highest BCUT2D eigenvalue weighted by atomic mass is 79.9. The summed E-state index contributed by atoms with van der Waals surface area (Å²) in [6.07, 6.45) is 3.17. The van der Waals surface area contributed by atoms with Crippen LogP contribution in [0.1, 0.15) is 46.4 Å². The van der Waals surface area contributed by atoms with Gasteiger partial charge in [-0.3, -0.25) is 0 Å². The molecule has 0 N–H and O–H groups in total. The maximum Gasteiger partial charge on any atom is 0.133 e. The van der Waals surface area contributed by atoms with E-state index in [0.717, 1.165) is 61.8 Å². The largest absolute Gasteiger partial charge is 0.357 e. The average Bonchev–Trinajstić information content (AvgIpc) is 2.47. The highest BCUT2D eigenvalue weighted by molar-refractivity contribution is 9.10. The minimum absolute atomic E-state index is 0.887. The van der Waals surface area contributed by atoms with E-state index in [0.29, 0.717) is 0 Å². The van der Waals surface area contributed by atoms with Crippen LogP contribution in [0.3, 0.4) is 0 Å². The van der Waals surface area contributed by atoms with E-state index in [2.05, 4.69) is 58.4 Å². The van der Waals surface area contributed by atoms with Gasteiger partial charge in [-0.1, -0.05) is 20.8 Å². The third-order valence-electron chi connectivity index (χ3n) is 3.70. The summed E-state index contributed by atoms with van der Waals surface area (Å²) in [5, 5.41) is 0. The van der Waals surface area contributed by atoms with Crippen LogP contribution >= 0.6 is 15.9 Å². The molecule has 0 fully saturated rings. The topological polar surface area (TPSA) is 32.3 Å². The molecule has 0 unspecified atom stereocenters. The van der Waals surface area contributed by atoms with Gasteiger partial charge in [0.2, 0.25) is 0 Å². The van der Waals surface area contributed by atoms with Gasteiger partial charge in [0.15, 0.2) is 0 Å². The third kappa shape index (κ3) is 6.30. The van der Waals surface area contributed by atoms with Gasteiger partial charge < -0.3 is 9.80 Å². The van der Waals surface area contributed by atoms with Crippen LogP contribution in [0.5, 0.6) is 0 Å². The molecule has 5 heteroatoms. The molecule has 0 aliphatic heterocycles. The van der Waals surface area contributed by atoms with Crippen molar-refractivity contribution in [2.45, 2.75) is 47.0 Å². The van der Waals surface area contributed by atoms with Crippen molar-refractivity contribution in [1.29, 1.82) is 0 Å². The third-order valence-corrected chi connectivity index (χ3v) is 4.11. The molecule has 0 aromatic carbocycles. The summed E-state index contributed by atoms with van der Waals surface area (Å²) in [6.45, 7) is 14.2. The Morgan fingerprint density at radius 3 is 2.29 bits per heavy atom. The molecule has 0 aliphatic rings. The van der Waals surface area contributed by atoms with E-state index < -0.39 is 0 Å². The second-order valence-electron chi connectivity index (χ2n) is 5.18. The Bertz CT molecular complexity index is 407. The standard InChI is InChI=1S/C16H29BrN4/c1-5-10-15-18-14(17)13-16(19-15)21(8-4)12-9-11-20(6-2)7-3/h13H,5-12H2,1-4H3. The zero-order chi connectivity index (χ0) is 15.7. The predicted molar refractivity (Wildman–Crippen MR) is 94.0 cm³/mol. The molecule has 0 bridgehead atoms. The zero-order valence-electron chi connectivity index (χ0n) is 13.9. The molecule has 0 saturated carbocycles. The molecular formula is C16H29BrN4. The minimum Gasteiger partial charge on any atom is -0.357 e. The molecular weight excluding hydrogens is 328 g/mol. The van der Waals surface area contributed by atoms with Gasteiger partial charge in [-0.05, 0) is 55.3 Å². The van der Waals surface area contributed by atoms with Gasteiger partial charge in [0.05, 0.1) is 0 Å². The van der Waals surface area contributed by atoms with Crippen LogP contribution in [0.25, 0.3) is 0 Å². The fourth-order valence-corrected chi connectivity index (χ4v) is 2.82. The first kappa shape index (κ1) is 18.4. The van der Waals surface area contributed by atoms with Crippen molar-refractivity contribution in [3.05, 3.63) is 16.5 Å². The number of hydrogen-bond donors (Lipinski definition) is 0. The first-order chi connectivity index (χ1) is 10.1. The number of rotatable bonds is 10. The van der Waals surface area contributed by atoms with Crippen LogP contribution in [-0.2, 0) is 6.42 Å². The van der Waals surface area contributed by atoms with Crippen molar-refractivity contribution in [3.63, 3.8) is 0 Å². The van der Waals surface area contributed by atoms with Crippen molar-refractivity contribution in [2.24, 2.45) is 0 Å². The predicted octanol–water partition coefficient (Wildman–Crippen LogP) is 3.75. The Balaban J connectivity index is 2.66. The van der Waals surface area contributed by atoms with Gasteiger partial charge in [-0.2, -0.15) is 0 Å². The number of hydrogen-bond acceptors (Lipinski definition) is 4. The summed E-state index contributed by atoms with van der Waals surface area (Å²) in [5.41, 5.74) is 0. The Morgan fingerprint density at radius 1 is 1.00 bits per heavy atom. The number of anilines is 1. The lowest BCUT2D eigenvalue weighted by atomic mass is 10.3. The normalized spacial score (nSPS) is 11.1. The number of aryl methyl sites for hydroxylation is 1. The Hall–Kier alpha value is -0.680. The van der Waals surface area contributed by atoms with Gasteiger partial charge in [-0.25, -0.2) is 9.97 Å². The van der Waals surface area contributed by atoms with Crippen LogP contribution in [0.4, 0.5) is 5.82 Å². The van der Waals surface area contributed by atoms with E-state index in [4.69, 9.17) is 4.98 Å². The Morgan fingerprint density at radius 2 is 1.71 bits per heavy atom. The van der Waals surface area contributed by atoms with Crippen molar-refractivity contribution in [3.8, 4) is 0 Å². The smallest absolute Gasteiger partial charge is 0.133 e. The van der Waals surface area contributed by atoms with E-state index in [1.54, 1.807) is 0 Å². The number of nitrogens with zero attached hydrogens (tertiary/aromatic N) is 4. The summed E-state index contributed by atoms with van der Waals surface area (Å²) >= 11 is 3.51. The molecule has 0 radical (unpaired) electrons. The van der Waals surface area contributed by atoms with E-state index in [1.807, 2.05) is 6.07 Å². The average molecular weight is 357 g/mol. The first-order valence-corrected chi connectivity index (χ1v) is 8.94. The molecule has 1 heterocycles. The summed E-state index contributed by atoms with van der Waals surface area (Å²) in [4.78, 5) is 14.0. The van der Waals surface area contributed by atoms with E-state index >= 15 is 0 Å². The highest BCUT2D eigenvalue weighted by Gasteiger charge is 2.10. The number of aromatic nitrogens is 2. The van der Waals surface area contributed by atoms with Gasteiger partial charge in [0, 0.05) is 25.6 Å². The van der Waals surface area contributed by atoms with Gasteiger partial charge in [-0.15, -0.1) is 0 Å². The van der Waals surface area contributed by atoms with E-state index in [9.17, 15) is 0 Å². The maximum absolute atomic E-state index is 4.70. The second-order valence-corrected chi connectivity index (χ2v) is 5.99. The molecule has 1 rings (SSSR count). The number of halogens is 1. The summed E-state index contributed by atoms with van der Waals surface area (Å²) in [7, 11) is 0. The van der Waals surface area contributed by atoms with Gasteiger partial charge in [0.1, 0.15) is 16.2 Å². The molecule has 1 aromatic rings. The highest BCUT2D eigenvalue weighted by Crippen LogP contribution is 2.17. The fraction of sp³-hybridized carbons (Fsp3) is 0.750. The van der Waals surface area contributed by atoms with E-state index in [-0.39, 0.29) is 0 Å². The first-order valence-electron chi connectivity index (χ1n) is 8.15. The second kappa shape index (κ2) is 10.1. The van der Waals surface area contributed by atoms with Crippen LogP contribution < -0.4 is 4.90 Å². The van der Waals surface area contributed by atoms with Gasteiger partial charge >= 0.3 is 0 Å². The van der Waals surface area contributed by atoms with Crippen LogP contribution in [0.15, 0.2) is 10.7 Å². The monoisotopic (exact) mass is 356 g/mol. The quantitative estimate of drug-likeness (QED) is 0.597. The molecule has 0 atom stereocenters. The minimum atomic E-state index is 0.887.